The minimum Gasteiger partial charge on any atom is -0.462 e. The molecule has 3 unspecified atom stereocenters. The fourth-order valence-electron chi connectivity index (χ4n) is 12.4. The van der Waals surface area contributed by atoms with E-state index in [1.807, 2.05) is 0 Å². The van der Waals surface area contributed by atoms with Gasteiger partial charge in [-0.2, -0.15) is 0 Å². The minimum absolute atomic E-state index is 0.105. The van der Waals surface area contributed by atoms with Crippen LogP contribution in [0.2, 0.25) is 0 Å². The van der Waals surface area contributed by atoms with Crippen LogP contribution in [0.4, 0.5) is 0 Å². The quantitative estimate of drug-likeness (QED) is 0.0222. The highest BCUT2D eigenvalue weighted by atomic mass is 31.2. The third-order valence-corrected chi connectivity index (χ3v) is 20.7. The number of phosphoric ester groups is 2. The molecule has 0 rings (SSSR count). The molecule has 0 aromatic carbocycles. The molecule has 17 nitrogen and oxygen atoms in total. The summed E-state index contributed by atoms with van der Waals surface area (Å²) < 4.78 is 68.7. The maximum Gasteiger partial charge on any atom is 0.472 e. The first-order chi connectivity index (χ1) is 48.1. The second kappa shape index (κ2) is 70.1. The zero-order valence-electron chi connectivity index (χ0n) is 65.8. The van der Waals surface area contributed by atoms with Crippen molar-refractivity contribution in [1.29, 1.82) is 0 Å². The second-order valence-corrected chi connectivity index (χ2v) is 34.0. The monoisotopic (exact) mass is 1470 g/mol. The van der Waals surface area contributed by atoms with Gasteiger partial charge in [0.2, 0.25) is 0 Å². The summed E-state index contributed by atoms with van der Waals surface area (Å²) in [5, 5.41) is 10.6. The number of aliphatic hydroxyl groups is 1. The molecule has 0 saturated heterocycles. The third kappa shape index (κ3) is 74.3. The molecular formula is C81H158O17P2. The van der Waals surface area contributed by atoms with Crippen molar-refractivity contribution in [2.45, 2.75) is 433 Å². The molecule has 0 aromatic rings. The van der Waals surface area contributed by atoms with Crippen molar-refractivity contribution >= 4 is 39.5 Å². The van der Waals surface area contributed by atoms with E-state index in [0.29, 0.717) is 31.6 Å². The highest BCUT2D eigenvalue weighted by Gasteiger charge is 2.30. The molecule has 3 N–H and O–H groups in total. The second-order valence-electron chi connectivity index (χ2n) is 31.1. The number of hydrogen-bond acceptors (Lipinski definition) is 15. The zero-order chi connectivity index (χ0) is 73.8. The first kappa shape index (κ1) is 98.1. The van der Waals surface area contributed by atoms with E-state index in [1.165, 1.54) is 212 Å². The molecule has 5 atom stereocenters. The number of esters is 4. The van der Waals surface area contributed by atoms with E-state index < -0.39 is 97.5 Å². The van der Waals surface area contributed by atoms with Gasteiger partial charge >= 0.3 is 39.5 Å². The number of hydrogen-bond donors (Lipinski definition) is 3. The van der Waals surface area contributed by atoms with Gasteiger partial charge < -0.3 is 33.8 Å². The van der Waals surface area contributed by atoms with Crippen LogP contribution in [0, 0.1) is 23.7 Å². The van der Waals surface area contributed by atoms with Crippen molar-refractivity contribution in [3.05, 3.63) is 0 Å². The van der Waals surface area contributed by atoms with Crippen molar-refractivity contribution in [2.75, 3.05) is 39.6 Å². The number of carbonyl (C=O) groups is 4. The summed E-state index contributed by atoms with van der Waals surface area (Å²) in [6.07, 6.45) is 57.0. The SMILES string of the molecule is CC(C)CCCCCCCCCCCCCCCCCCC(=O)O[C@H](COC(=O)CCCCCCCCCCCCCCCCCC(C)C)COP(=O)(O)OCC(O)COP(=O)(O)OC[C@@H](COC(=O)CCCCCCCCCC(C)C)OC(=O)CCCCCCCCCCCCC(C)C. The molecule has 0 aliphatic heterocycles. The molecule has 0 aromatic heterocycles. The summed E-state index contributed by atoms with van der Waals surface area (Å²) in [6, 6.07) is 0. The summed E-state index contributed by atoms with van der Waals surface area (Å²) >= 11 is 0. The van der Waals surface area contributed by atoms with Gasteiger partial charge in [0.15, 0.2) is 12.2 Å². The van der Waals surface area contributed by atoms with Gasteiger partial charge in [0.1, 0.15) is 19.3 Å². The first-order valence-electron chi connectivity index (χ1n) is 41.7. The van der Waals surface area contributed by atoms with E-state index in [-0.39, 0.29) is 25.7 Å². The Kier molecular flexibility index (Phi) is 68.7. The summed E-state index contributed by atoms with van der Waals surface area (Å²) in [7, 11) is -9.92. The lowest BCUT2D eigenvalue weighted by Crippen LogP contribution is -2.30. The molecule has 0 saturated carbocycles. The van der Waals surface area contributed by atoms with E-state index in [2.05, 4.69) is 55.4 Å². The Labute approximate surface area is 613 Å². The van der Waals surface area contributed by atoms with Crippen LogP contribution in [0.1, 0.15) is 415 Å². The van der Waals surface area contributed by atoms with Crippen LogP contribution in [-0.4, -0.2) is 96.7 Å². The van der Waals surface area contributed by atoms with Crippen molar-refractivity contribution in [1.82, 2.24) is 0 Å². The van der Waals surface area contributed by atoms with Gasteiger partial charge in [-0.3, -0.25) is 37.3 Å². The van der Waals surface area contributed by atoms with Crippen LogP contribution >= 0.6 is 15.6 Å². The number of unbranched alkanes of at least 4 members (excludes halogenated alkanes) is 44. The Hall–Kier alpha value is -1.94. The van der Waals surface area contributed by atoms with Gasteiger partial charge in [-0.15, -0.1) is 0 Å². The van der Waals surface area contributed by atoms with Crippen LogP contribution in [-0.2, 0) is 65.4 Å². The maximum absolute atomic E-state index is 13.1. The fraction of sp³-hybridized carbons (Fsp3) is 0.951. The van der Waals surface area contributed by atoms with Crippen molar-refractivity contribution in [3.63, 3.8) is 0 Å². The highest BCUT2D eigenvalue weighted by molar-refractivity contribution is 7.47. The number of ether oxygens (including phenoxy) is 4. The molecule has 0 radical (unpaired) electrons. The molecule has 0 aliphatic rings. The van der Waals surface area contributed by atoms with Gasteiger partial charge in [-0.05, 0) is 49.4 Å². The minimum atomic E-state index is -4.96. The van der Waals surface area contributed by atoms with E-state index in [1.54, 1.807) is 0 Å². The Balaban J connectivity index is 5.24. The van der Waals surface area contributed by atoms with Crippen LogP contribution in [0.5, 0.6) is 0 Å². The summed E-state index contributed by atoms with van der Waals surface area (Å²) in [5.41, 5.74) is 0. The molecule has 0 amide bonds. The molecule has 0 spiro atoms. The highest BCUT2D eigenvalue weighted by Crippen LogP contribution is 2.45. The van der Waals surface area contributed by atoms with E-state index in [4.69, 9.17) is 37.0 Å². The lowest BCUT2D eigenvalue weighted by molar-refractivity contribution is -0.161. The first-order valence-corrected chi connectivity index (χ1v) is 44.7. The fourth-order valence-corrected chi connectivity index (χ4v) is 14.0. The summed E-state index contributed by atoms with van der Waals surface area (Å²) in [5.74, 6) is 0.958. The van der Waals surface area contributed by atoms with Crippen LogP contribution in [0.25, 0.3) is 0 Å². The number of rotatable bonds is 78. The van der Waals surface area contributed by atoms with Crippen molar-refractivity contribution < 1.29 is 80.2 Å². The average Bonchev–Trinajstić information content (AvgIpc) is 0.965. The molecule has 0 fully saturated rings. The molecule has 594 valence electrons. The average molecular weight is 1470 g/mol. The molecule has 100 heavy (non-hydrogen) atoms. The Morgan fingerprint density at radius 1 is 0.250 bits per heavy atom. The number of aliphatic hydroxyl groups excluding tert-OH is 1. The van der Waals surface area contributed by atoms with E-state index in [9.17, 15) is 43.2 Å². The molecule has 19 heteroatoms. The summed E-state index contributed by atoms with van der Waals surface area (Å²) in [6.45, 7) is 14.2. The Morgan fingerprint density at radius 2 is 0.420 bits per heavy atom. The molecule has 0 heterocycles. The largest absolute Gasteiger partial charge is 0.472 e. The van der Waals surface area contributed by atoms with Crippen molar-refractivity contribution in [2.24, 2.45) is 23.7 Å². The lowest BCUT2D eigenvalue weighted by atomic mass is 10.0. The van der Waals surface area contributed by atoms with Crippen LogP contribution < -0.4 is 0 Å². The Morgan fingerprint density at radius 3 is 0.620 bits per heavy atom. The molecule has 0 aliphatic carbocycles. The van der Waals surface area contributed by atoms with Crippen molar-refractivity contribution in [3.8, 4) is 0 Å². The number of phosphoric acid groups is 2. The third-order valence-electron chi connectivity index (χ3n) is 18.8. The normalized spacial score (nSPS) is 14.0. The number of carbonyl (C=O) groups excluding carboxylic acids is 4. The predicted octanol–water partition coefficient (Wildman–Crippen LogP) is 24.0. The smallest absolute Gasteiger partial charge is 0.462 e. The molecular weight excluding hydrogens is 1310 g/mol. The summed E-state index contributed by atoms with van der Waals surface area (Å²) in [4.78, 5) is 73.0. The Bertz CT molecular complexity index is 1950. The van der Waals surface area contributed by atoms with Crippen LogP contribution in [0.15, 0.2) is 0 Å². The van der Waals surface area contributed by atoms with Gasteiger partial charge in [-0.1, -0.05) is 364 Å². The van der Waals surface area contributed by atoms with Crippen LogP contribution in [0.3, 0.4) is 0 Å². The van der Waals surface area contributed by atoms with E-state index >= 15 is 0 Å². The van der Waals surface area contributed by atoms with Gasteiger partial charge in [0.25, 0.3) is 0 Å². The maximum atomic E-state index is 13.1. The lowest BCUT2D eigenvalue weighted by Gasteiger charge is -2.21. The topological polar surface area (TPSA) is 237 Å². The standard InChI is InChI=1S/C81H158O17P2/c1-71(2)57-49-41-33-26-20-16-12-9-10-14-19-23-30-38-47-55-63-80(85)97-76(67-91-78(83)61-53-45-37-29-22-18-15-11-13-17-21-27-34-42-50-58-72(3)4)69-95-99(87,88)93-65-75(82)66-94-100(89,90)96-70-77(68-92-79(84)62-54-46-40-32-36-44-52-60-74(7)8)98-81(86)64-56-48-39-31-25-24-28-35-43-51-59-73(5)6/h71-77,82H,9-70H2,1-8H3,(H,87,88)(H,89,90)/t75?,76-,77-/m1/s1. The van der Waals surface area contributed by atoms with E-state index in [0.717, 1.165) is 114 Å². The van der Waals surface area contributed by atoms with Gasteiger partial charge in [-0.25, -0.2) is 9.13 Å². The van der Waals surface area contributed by atoms with Gasteiger partial charge in [0, 0.05) is 25.7 Å². The molecule has 0 bridgehead atoms. The van der Waals surface area contributed by atoms with Gasteiger partial charge in [0.05, 0.1) is 26.4 Å². The predicted molar refractivity (Wildman–Crippen MR) is 409 cm³/mol. The zero-order valence-corrected chi connectivity index (χ0v) is 67.6.